The van der Waals surface area contributed by atoms with E-state index in [0.717, 1.165) is 0 Å². The van der Waals surface area contributed by atoms with Crippen LogP contribution in [0.2, 0.25) is 0 Å². The first-order valence-corrected chi connectivity index (χ1v) is 5.95. The van der Waals surface area contributed by atoms with Crippen molar-refractivity contribution in [2.24, 2.45) is 0 Å². The van der Waals surface area contributed by atoms with Gasteiger partial charge in [0.05, 0.1) is 0 Å². The topological polar surface area (TPSA) is 59.1 Å². The Morgan fingerprint density at radius 2 is 1.93 bits per heavy atom. The molecule has 0 spiro atoms. The Labute approximate surface area is 91.6 Å². The summed E-state index contributed by atoms with van der Waals surface area (Å²) in [5, 5.41) is -0.0579. The van der Waals surface area contributed by atoms with Gasteiger partial charge in [0.25, 0.3) is 10.0 Å². The third-order valence-electron chi connectivity index (χ3n) is 1.46. The summed E-state index contributed by atoms with van der Waals surface area (Å²) in [6.07, 6.45) is 0. The Morgan fingerprint density at radius 3 is 2.40 bits per heavy atom. The van der Waals surface area contributed by atoms with Crippen LogP contribution in [0.1, 0.15) is 20.8 Å². The molecule has 1 rings (SSSR count). The number of sulfonamides is 1. The molecule has 80 valence electrons. The number of pyridine rings is 1. The number of rotatable bonds is 2. The molecular weight excluding hydrogens is 211 g/mol. The zero-order chi connectivity index (χ0) is 11.7. The van der Waals surface area contributed by atoms with Crippen LogP contribution >= 0.6 is 0 Å². The molecule has 6 heteroatoms. The average Bonchev–Trinajstić information content (AvgIpc) is 1.99. The summed E-state index contributed by atoms with van der Waals surface area (Å²) in [7, 11) is 1.83. The minimum atomic E-state index is -3.58. The highest BCUT2D eigenvalue weighted by atomic mass is 32.2. The molecule has 4 nitrogen and oxygen atoms in total. The van der Waals surface area contributed by atoms with Gasteiger partial charge in [-0.25, -0.2) is 13.1 Å². The molecule has 15 heavy (non-hydrogen) atoms. The van der Waals surface area contributed by atoms with Crippen LogP contribution in [0, 0.1) is 0 Å². The highest BCUT2D eigenvalue weighted by Crippen LogP contribution is 2.08. The summed E-state index contributed by atoms with van der Waals surface area (Å²) in [6.45, 7) is 5.28. The second-order valence-corrected chi connectivity index (χ2v) is 5.89. The molecule has 1 aromatic rings. The Balaban J connectivity index is 3.07. The summed E-state index contributed by atoms with van der Waals surface area (Å²) in [6, 6.07) is 4.50. The number of hydrogen-bond donors (Lipinski definition) is 1. The fourth-order valence-electron chi connectivity index (χ4n) is 1.04. The fourth-order valence-corrected chi connectivity index (χ4v) is 2.43. The van der Waals surface area contributed by atoms with Gasteiger partial charge in [-0.15, -0.1) is 0 Å². The molecule has 0 aromatic carbocycles. The molecule has 0 aliphatic carbocycles. The third-order valence-corrected chi connectivity index (χ3v) is 3.12. The van der Waals surface area contributed by atoms with Gasteiger partial charge in [0.2, 0.25) is 0 Å². The maximum absolute atomic E-state index is 11.8. The molecule has 0 saturated carbocycles. The van der Waals surface area contributed by atoms with Crippen LogP contribution in [0.15, 0.2) is 23.2 Å². The van der Waals surface area contributed by atoms with Crippen LogP contribution < -0.4 is 10.3 Å². The van der Waals surface area contributed by atoms with Gasteiger partial charge in [-0.3, -0.25) is 4.98 Å². The molecule has 0 saturated heterocycles. The number of nitrogens with one attached hydrogen (secondary N) is 1. The summed E-state index contributed by atoms with van der Waals surface area (Å²) < 4.78 is 26.0. The Hall–Kier alpha value is -0.875. The van der Waals surface area contributed by atoms with Gasteiger partial charge < -0.3 is 0 Å². The lowest BCUT2D eigenvalue weighted by atomic mass is 10.1. The minimum Gasteiger partial charge on any atom is -0.252 e. The van der Waals surface area contributed by atoms with E-state index < -0.39 is 15.6 Å². The maximum Gasteiger partial charge on any atom is 0.258 e. The van der Waals surface area contributed by atoms with Crippen LogP contribution in [0.25, 0.3) is 0 Å². The van der Waals surface area contributed by atoms with Gasteiger partial charge >= 0.3 is 0 Å². The summed E-state index contributed by atoms with van der Waals surface area (Å²) in [5.74, 6) is 0. The predicted molar refractivity (Wildman–Crippen MR) is 59.7 cm³/mol. The standard InChI is InChI=1S/C9H13BN2O2S/c1-9(2,3)12-15(13,14)8-6-4-5-7(10)11-8/h4-6,12H,1-3H3. The van der Waals surface area contributed by atoms with Crippen molar-refractivity contribution < 1.29 is 8.42 Å². The van der Waals surface area contributed by atoms with Crippen molar-refractivity contribution in [2.75, 3.05) is 0 Å². The van der Waals surface area contributed by atoms with E-state index in [1.165, 1.54) is 12.1 Å². The van der Waals surface area contributed by atoms with E-state index in [0.29, 0.717) is 0 Å². The van der Waals surface area contributed by atoms with Crippen molar-refractivity contribution in [3.63, 3.8) is 0 Å². The summed E-state index contributed by atoms with van der Waals surface area (Å²) in [4.78, 5) is 3.76. The predicted octanol–water partition coefficient (Wildman–Crippen LogP) is -0.0478. The molecule has 0 aliphatic rings. The van der Waals surface area contributed by atoms with E-state index >= 15 is 0 Å². The lowest BCUT2D eigenvalue weighted by Gasteiger charge is -2.19. The van der Waals surface area contributed by atoms with Gasteiger partial charge in [-0.2, -0.15) is 0 Å². The molecule has 0 bridgehead atoms. The van der Waals surface area contributed by atoms with E-state index in [2.05, 4.69) is 9.71 Å². The Kier molecular flexibility index (Phi) is 3.20. The Bertz CT molecular complexity index is 451. The monoisotopic (exact) mass is 224 g/mol. The Morgan fingerprint density at radius 1 is 1.33 bits per heavy atom. The lowest BCUT2D eigenvalue weighted by molar-refractivity contribution is 0.490. The smallest absolute Gasteiger partial charge is 0.252 e. The lowest BCUT2D eigenvalue weighted by Crippen LogP contribution is -2.41. The molecule has 0 fully saturated rings. The van der Waals surface area contributed by atoms with E-state index in [-0.39, 0.29) is 10.6 Å². The van der Waals surface area contributed by atoms with E-state index in [9.17, 15) is 8.42 Å². The first-order valence-electron chi connectivity index (χ1n) is 4.47. The van der Waals surface area contributed by atoms with Gasteiger partial charge in [0.1, 0.15) is 7.85 Å². The first kappa shape index (κ1) is 12.2. The van der Waals surface area contributed by atoms with Crippen molar-refractivity contribution in [3.05, 3.63) is 18.2 Å². The zero-order valence-electron chi connectivity index (χ0n) is 8.98. The second-order valence-electron chi connectivity index (χ2n) is 4.26. The van der Waals surface area contributed by atoms with Crippen molar-refractivity contribution in [1.29, 1.82) is 0 Å². The van der Waals surface area contributed by atoms with Crippen LogP contribution in [-0.4, -0.2) is 26.8 Å². The normalized spacial score (nSPS) is 12.7. The molecule has 1 N–H and O–H groups in total. The minimum absolute atomic E-state index is 0.0579. The first-order chi connectivity index (χ1) is 6.71. The molecule has 0 atom stereocenters. The number of hydrogen-bond acceptors (Lipinski definition) is 3. The van der Waals surface area contributed by atoms with Crippen LogP contribution in [0.5, 0.6) is 0 Å². The van der Waals surface area contributed by atoms with Crippen molar-refractivity contribution in [2.45, 2.75) is 31.3 Å². The SMILES string of the molecule is [B]c1cccc(S(=O)(=O)NC(C)(C)C)n1. The van der Waals surface area contributed by atoms with Crippen LogP contribution in [-0.2, 0) is 10.0 Å². The highest BCUT2D eigenvalue weighted by molar-refractivity contribution is 7.89. The molecule has 0 unspecified atom stereocenters. The molecule has 0 aliphatic heterocycles. The van der Waals surface area contributed by atoms with Crippen molar-refractivity contribution >= 4 is 23.5 Å². The molecule has 1 aromatic heterocycles. The van der Waals surface area contributed by atoms with E-state index in [4.69, 9.17) is 7.85 Å². The average molecular weight is 224 g/mol. The van der Waals surface area contributed by atoms with Gasteiger partial charge in [-0.05, 0) is 32.4 Å². The van der Waals surface area contributed by atoms with Crippen molar-refractivity contribution in [1.82, 2.24) is 9.71 Å². The van der Waals surface area contributed by atoms with Gasteiger partial charge in [-0.1, -0.05) is 12.1 Å². The van der Waals surface area contributed by atoms with Gasteiger partial charge in [0.15, 0.2) is 5.03 Å². The molecule has 0 amide bonds. The number of nitrogens with zero attached hydrogens (tertiary/aromatic N) is 1. The molecule has 2 radical (unpaired) electrons. The zero-order valence-corrected chi connectivity index (χ0v) is 9.80. The quantitative estimate of drug-likeness (QED) is 0.716. The van der Waals surface area contributed by atoms with Gasteiger partial charge in [0, 0.05) is 5.54 Å². The fraction of sp³-hybridized carbons (Fsp3) is 0.444. The van der Waals surface area contributed by atoms with E-state index in [1.807, 2.05) is 0 Å². The largest absolute Gasteiger partial charge is 0.258 e. The number of aromatic nitrogens is 1. The van der Waals surface area contributed by atoms with E-state index in [1.54, 1.807) is 26.8 Å². The van der Waals surface area contributed by atoms with Crippen LogP contribution in [0.3, 0.4) is 0 Å². The third kappa shape index (κ3) is 3.64. The van der Waals surface area contributed by atoms with Crippen molar-refractivity contribution in [3.8, 4) is 0 Å². The summed E-state index contributed by atoms with van der Waals surface area (Å²) in [5.41, 5.74) is -0.350. The summed E-state index contributed by atoms with van der Waals surface area (Å²) >= 11 is 0. The van der Waals surface area contributed by atoms with Crippen LogP contribution in [0.4, 0.5) is 0 Å². The molecular formula is C9H13BN2O2S. The second kappa shape index (κ2) is 3.94. The highest BCUT2D eigenvalue weighted by Gasteiger charge is 2.22. The maximum atomic E-state index is 11.8. The molecule has 1 heterocycles.